The molecule has 1 unspecified atom stereocenters. The maximum Gasteiger partial charge on any atom is 0.171 e. The maximum absolute atomic E-state index is 5.74. The molecule has 21 heavy (non-hydrogen) atoms. The average molecular weight is 292 g/mol. The minimum Gasteiger partial charge on any atom is -0.490 e. The molecule has 2 N–H and O–H groups in total. The van der Waals surface area contributed by atoms with Crippen LogP contribution in [0.2, 0.25) is 0 Å². The molecule has 0 saturated carbocycles. The summed E-state index contributed by atoms with van der Waals surface area (Å²) in [4.78, 5) is 9.39. The molecule has 1 fully saturated rings. The van der Waals surface area contributed by atoms with Gasteiger partial charge in [-0.1, -0.05) is 6.92 Å². The van der Waals surface area contributed by atoms with Gasteiger partial charge < -0.3 is 20.3 Å². The van der Waals surface area contributed by atoms with Crippen LogP contribution < -0.4 is 15.4 Å². The van der Waals surface area contributed by atoms with E-state index in [0.717, 1.165) is 57.3 Å². The van der Waals surface area contributed by atoms with E-state index in [9.17, 15) is 0 Å². The van der Waals surface area contributed by atoms with Gasteiger partial charge >= 0.3 is 0 Å². The highest BCUT2D eigenvalue weighted by molar-refractivity contribution is 5.52. The highest BCUT2D eigenvalue weighted by atomic mass is 16.5. The Morgan fingerprint density at radius 2 is 2.19 bits per heavy atom. The Bertz CT molecular complexity index is 426. The second-order valence-corrected chi connectivity index (χ2v) is 5.74. The molecule has 1 aromatic heterocycles. The Kier molecular flexibility index (Phi) is 6.26. The number of nitrogens with two attached hydrogens (primary N) is 1. The lowest BCUT2D eigenvalue weighted by atomic mass is 10.1. The quantitative estimate of drug-likeness (QED) is 0.863. The van der Waals surface area contributed by atoms with E-state index >= 15 is 0 Å². The van der Waals surface area contributed by atoms with Crippen molar-refractivity contribution in [3.63, 3.8) is 0 Å². The van der Waals surface area contributed by atoms with E-state index in [1.54, 1.807) is 0 Å². The van der Waals surface area contributed by atoms with Crippen LogP contribution in [0.4, 0.5) is 5.82 Å². The molecule has 0 amide bonds. The summed E-state index contributed by atoms with van der Waals surface area (Å²) in [6.45, 7) is 11.0. The lowest BCUT2D eigenvalue weighted by Crippen LogP contribution is -2.35. The van der Waals surface area contributed by atoms with Gasteiger partial charge in [0.05, 0.1) is 6.61 Å². The van der Waals surface area contributed by atoms with Crippen LogP contribution in [0.3, 0.4) is 0 Å². The fraction of sp³-hybridized carbons (Fsp3) is 0.688. The molecule has 1 aliphatic rings. The zero-order chi connectivity index (χ0) is 15.1. The van der Waals surface area contributed by atoms with Crippen molar-refractivity contribution in [1.82, 2.24) is 9.88 Å². The number of ether oxygens (including phenoxy) is 1. The Hall–Kier alpha value is -1.33. The van der Waals surface area contributed by atoms with Crippen LogP contribution in [-0.4, -0.2) is 55.8 Å². The Labute approximate surface area is 128 Å². The molecular weight excluding hydrogens is 264 g/mol. The van der Waals surface area contributed by atoms with Crippen molar-refractivity contribution in [2.45, 2.75) is 20.3 Å². The summed E-state index contributed by atoms with van der Waals surface area (Å²) in [7, 11) is 0. The zero-order valence-electron chi connectivity index (χ0n) is 13.3. The minimum absolute atomic E-state index is 0.561. The van der Waals surface area contributed by atoms with E-state index in [2.05, 4.69) is 21.7 Å². The smallest absolute Gasteiger partial charge is 0.171 e. The molecule has 0 radical (unpaired) electrons. The summed E-state index contributed by atoms with van der Waals surface area (Å²) in [5, 5.41) is 0. The van der Waals surface area contributed by atoms with E-state index in [4.69, 9.17) is 10.5 Å². The number of nitrogens with zero attached hydrogens (tertiary/aromatic N) is 3. The Morgan fingerprint density at radius 3 is 2.95 bits per heavy atom. The first-order valence-corrected chi connectivity index (χ1v) is 7.99. The second-order valence-electron chi connectivity index (χ2n) is 5.74. The van der Waals surface area contributed by atoms with Crippen LogP contribution in [0.25, 0.3) is 0 Å². The van der Waals surface area contributed by atoms with E-state index in [-0.39, 0.29) is 0 Å². The molecule has 5 heteroatoms. The van der Waals surface area contributed by atoms with E-state index in [1.807, 2.05) is 25.3 Å². The number of hydrogen-bond donors (Lipinski definition) is 1. The highest BCUT2D eigenvalue weighted by Gasteiger charge is 2.19. The summed E-state index contributed by atoms with van der Waals surface area (Å²) in [6.07, 6.45) is 3.00. The fourth-order valence-corrected chi connectivity index (χ4v) is 2.77. The largest absolute Gasteiger partial charge is 0.490 e. The van der Waals surface area contributed by atoms with Gasteiger partial charge in [-0.3, -0.25) is 0 Å². The van der Waals surface area contributed by atoms with Gasteiger partial charge in [0, 0.05) is 32.4 Å². The number of rotatable bonds is 6. The third-order valence-corrected chi connectivity index (χ3v) is 3.91. The molecule has 1 atom stereocenters. The third kappa shape index (κ3) is 4.58. The van der Waals surface area contributed by atoms with Crippen molar-refractivity contribution < 1.29 is 4.74 Å². The van der Waals surface area contributed by atoms with Crippen LogP contribution in [0.15, 0.2) is 18.3 Å². The van der Waals surface area contributed by atoms with Crippen molar-refractivity contribution >= 4 is 5.82 Å². The summed E-state index contributed by atoms with van der Waals surface area (Å²) < 4.78 is 5.71. The van der Waals surface area contributed by atoms with Crippen molar-refractivity contribution in [3.8, 4) is 5.75 Å². The van der Waals surface area contributed by atoms with Gasteiger partial charge in [-0.25, -0.2) is 4.98 Å². The topological polar surface area (TPSA) is 54.6 Å². The molecule has 0 spiro atoms. The Morgan fingerprint density at radius 1 is 1.33 bits per heavy atom. The van der Waals surface area contributed by atoms with Crippen molar-refractivity contribution in [2.24, 2.45) is 11.7 Å². The summed E-state index contributed by atoms with van der Waals surface area (Å²) in [6, 6.07) is 3.94. The molecule has 118 valence electrons. The lowest BCUT2D eigenvalue weighted by molar-refractivity contribution is 0.255. The molecule has 0 aromatic carbocycles. The van der Waals surface area contributed by atoms with Crippen LogP contribution in [0.5, 0.6) is 5.75 Å². The third-order valence-electron chi connectivity index (χ3n) is 3.91. The first kappa shape index (κ1) is 16.0. The van der Waals surface area contributed by atoms with Gasteiger partial charge in [0.2, 0.25) is 0 Å². The molecule has 2 rings (SSSR count). The lowest BCUT2D eigenvalue weighted by Gasteiger charge is -2.25. The molecule has 1 aliphatic heterocycles. The normalized spacial score (nSPS) is 18.3. The van der Waals surface area contributed by atoms with Gasteiger partial charge in [-0.15, -0.1) is 0 Å². The number of anilines is 1. The van der Waals surface area contributed by atoms with Gasteiger partial charge in [-0.05, 0) is 44.5 Å². The van der Waals surface area contributed by atoms with Gasteiger partial charge in [0.25, 0.3) is 0 Å². The van der Waals surface area contributed by atoms with E-state index in [0.29, 0.717) is 12.5 Å². The molecule has 0 bridgehead atoms. The highest BCUT2D eigenvalue weighted by Crippen LogP contribution is 2.26. The van der Waals surface area contributed by atoms with Gasteiger partial charge in [-0.2, -0.15) is 0 Å². The minimum atomic E-state index is 0.561. The number of aromatic nitrogens is 1. The molecule has 0 aliphatic carbocycles. The summed E-state index contributed by atoms with van der Waals surface area (Å²) in [5.74, 6) is 2.43. The molecule has 2 heterocycles. The summed E-state index contributed by atoms with van der Waals surface area (Å²) >= 11 is 0. The van der Waals surface area contributed by atoms with Crippen molar-refractivity contribution in [1.29, 1.82) is 0 Å². The first-order valence-electron chi connectivity index (χ1n) is 7.99. The predicted molar refractivity (Wildman–Crippen MR) is 86.9 cm³/mol. The fourth-order valence-electron chi connectivity index (χ4n) is 2.77. The van der Waals surface area contributed by atoms with Crippen LogP contribution >= 0.6 is 0 Å². The van der Waals surface area contributed by atoms with E-state index < -0.39 is 0 Å². The SMILES string of the molecule is CCOc1cccnc1N1CCCN(CC(C)CN)CC1. The zero-order valence-corrected chi connectivity index (χ0v) is 13.3. The average Bonchev–Trinajstić information content (AvgIpc) is 2.73. The van der Waals surface area contributed by atoms with Gasteiger partial charge in [0.1, 0.15) is 0 Å². The first-order chi connectivity index (χ1) is 10.2. The van der Waals surface area contributed by atoms with Crippen LogP contribution in [0.1, 0.15) is 20.3 Å². The predicted octanol–water partition coefficient (Wildman–Crippen LogP) is 1.59. The monoisotopic (exact) mass is 292 g/mol. The number of hydrogen-bond acceptors (Lipinski definition) is 5. The molecule has 1 aromatic rings. The standard InChI is InChI=1S/C16H28N4O/c1-3-21-15-6-4-7-18-16(15)20-9-5-8-19(10-11-20)13-14(2)12-17/h4,6-7,14H,3,5,8-13,17H2,1-2H3. The van der Waals surface area contributed by atoms with Crippen LogP contribution in [0, 0.1) is 5.92 Å². The maximum atomic E-state index is 5.74. The van der Waals surface area contributed by atoms with Crippen molar-refractivity contribution in [3.05, 3.63) is 18.3 Å². The number of pyridine rings is 1. The summed E-state index contributed by atoms with van der Waals surface area (Å²) in [5.41, 5.74) is 5.74. The second kappa shape index (κ2) is 8.20. The Balaban J connectivity index is 1.99. The van der Waals surface area contributed by atoms with Crippen molar-refractivity contribution in [2.75, 3.05) is 50.8 Å². The van der Waals surface area contributed by atoms with Gasteiger partial charge in [0.15, 0.2) is 11.6 Å². The molecular formula is C16H28N4O. The molecule has 1 saturated heterocycles. The van der Waals surface area contributed by atoms with E-state index in [1.165, 1.54) is 0 Å². The molecule has 5 nitrogen and oxygen atoms in total. The van der Waals surface area contributed by atoms with Crippen LogP contribution in [-0.2, 0) is 0 Å².